The standard InChI is InChI=1S/C17H20N2O4S2/c18-24(20,21)12-13-5-8-16(9-6-13)19-25(22,23)17-10-7-14-3-1-2-4-15(14)11-17/h5-11,19H,1-4,12H2,(H2,18,20,21). The Balaban J connectivity index is 1.79. The fourth-order valence-electron chi connectivity index (χ4n) is 2.99. The molecular formula is C17H20N2O4S2. The second-order valence-corrected chi connectivity index (χ2v) is 9.54. The lowest BCUT2D eigenvalue weighted by Gasteiger charge is -2.17. The summed E-state index contributed by atoms with van der Waals surface area (Å²) in [5.74, 6) is -0.287. The molecule has 0 unspecified atom stereocenters. The predicted molar refractivity (Wildman–Crippen MR) is 97.1 cm³/mol. The molecule has 0 amide bonds. The van der Waals surface area contributed by atoms with Gasteiger partial charge in [-0.2, -0.15) is 0 Å². The number of nitrogens with two attached hydrogens (primary N) is 1. The van der Waals surface area contributed by atoms with Crippen LogP contribution in [-0.4, -0.2) is 16.8 Å². The van der Waals surface area contributed by atoms with E-state index in [0.29, 0.717) is 11.3 Å². The number of hydrogen-bond acceptors (Lipinski definition) is 4. The molecule has 3 rings (SSSR count). The highest BCUT2D eigenvalue weighted by atomic mass is 32.2. The van der Waals surface area contributed by atoms with E-state index in [4.69, 9.17) is 5.14 Å². The second kappa shape index (κ2) is 6.78. The van der Waals surface area contributed by atoms with Gasteiger partial charge < -0.3 is 0 Å². The second-order valence-electron chi connectivity index (χ2n) is 6.25. The van der Waals surface area contributed by atoms with Crippen molar-refractivity contribution in [3.8, 4) is 0 Å². The van der Waals surface area contributed by atoms with Crippen LogP contribution >= 0.6 is 0 Å². The minimum Gasteiger partial charge on any atom is -0.280 e. The van der Waals surface area contributed by atoms with Crippen molar-refractivity contribution in [1.82, 2.24) is 0 Å². The number of hydrogen-bond donors (Lipinski definition) is 2. The average molecular weight is 380 g/mol. The van der Waals surface area contributed by atoms with E-state index >= 15 is 0 Å². The van der Waals surface area contributed by atoms with E-state index in [0.717, 1.165) is 31.2 Å². The van der Waals surface area contributed by atoms with Crippen LogP contribution in [-0.2, 0) is 38.6 Å². The van der Waals surface area contributed by atoms with Crippen molar-refractivity contribution in [2.45, 2.75) is 36.3 Å². The van der Waals surface area contributed by atoms with Gasteiger partial charge in [-0.25, -0.2) is 22.0 Å². The first-order valence-electron chi connectivity index (χ1n) is 7.97. The van der Waals surface area contributed by atoms with Crippen LogP contribution in [0.1, 0.15) is 29.5 Å². The Bertz CT molecular complexity index is 982. The van der Waals surface area contributed by atoms with Gasteiger partial charge in [0.25, 0.3) is 10.0 Å². The van der Waals surface area contributed by atoms with Crippen LogP contribution in [0.2, 0.25) is 0 Å². The maximum Gasteiger partial charge on any atom is 0.261 e. The molecule has 134 valence electrons. The van der Waals surface area contributed by atoms with E-state index in [-0.39, 0.29) is 10.6 Å². The zero-order valence-corrected chi connectivity index (χ0v) is 15.2. The van der Waals surface area contributed by atoms with Gasteiger partial charge >= 0.3 is 0 Å². The molecule has 0 fully saturated rings. The van der Waals surface area contributed by atoms with Gasteiger partial charge in [-0.05, 0) is 66.6 Å². The fraction of sp³-hybridized carbons (Fsp3) is 0.294. The zero-order chi connectivity index (χ0) is 18.1. The van der Waals surface area contributed by atoms with Gasteiger partial charge in [0.2, 0.25) is 10.0 Å². The fourth-order valence-corrected chi connectivity index (χ4v) is 4.76. The summed E-state index contributed by atoms with van der Waals surface area (Å²) in [6.07, 6.45) is 4.12. The van der Waals surface area contributed by atoms with Crippen LogP contribution in [0.3, 0.4) is 0 Å². The molecule has 0 bridgehead atoms. The van der Waals surface area contributed by atoms with Crippen LogP contribution in [0.25, 0.3) is 0 Å². The SMILES string of the molecule is NS(=O)(=O)Cc1ccc(NS(=O)(=O)c2ccc3c(c2)CCCC3)cc1. The molecule has 0 aliphatic heterocycles. The van der Waals surface area contributed by atoms with E-state index in [2.05, 4.69) is 4.72 Å². The summed E-state index contributed by atoms with van der Waals surface area (Å²) in [6.45, 7) is 0. The Morgan fingerprint density at radius 3 is 2.16 bits per heavy atom. The van der Waals surface area contributed by atoms with E-state index in [1.165, 1.54) is 29.8 Å². The van der Waals surface area contributed by atoms with Crippen LogP contribution < -0.4 is 9.86 Å². The number of primary sulfonamides is 1. The molecule has 0 atom stereocenters. The third-order valence-corrected chi connectivity index (χ3v) is 6.32. The molecular weight excluding hydrogens is 360 g/mol. The third-order valence-electron chi connectivity index (χ3n) is 4.20. The molecule has 1 aliphatic rings. The summed E-state index contributed by atoms with van der Waals surface area (Å²) in [4.78, 5) is 0.238. The van der Waals surface area contributed by atoms with Gasteiger partial charge in [0.05, 0.1) is 10.6 Å². The van der Waals surface area contributed by atoms with Gasteiger partial charge in [-0.1, -0.05) is 18.2 Å². The first kappa shape index (κ1) is 17.9. The lowest BCUT2D eigenvalue weighted by Crippen LogP contribution is -2.15. The van der Waals surface area contributed by atoms with Crippen LogP contribution in [0, 0.1) is 0 Å². The van der Waals surface area contributed by atoms with Gasteiger partial charge in [0.15, 0.2) is 0 Å². The molecule has 0 spiro atoms. The van der Waals surface area contributed by atoms with E-state index in [9.17, 15) is 16.8 Å². The highest BCUT2D eigenvalue weighted by Gasteiger charge is 2.18. The number of nitrogens with one attached hydrogen (secondary N) is 1. The Kier molecular flexibility index (Phi) is 4.86. The number of anilines is 1. The van der Waals surface area contributed by atoms with Crippen molar-refractivity contribution < 1.29 is 16.8 Å². The lowest BCUT2D eigenvalue weighted by atomic mass is 9.92. The number of sulfonamides is 2. The van der Waals surface area contributed by atoms with Crippen molar-refractivity contribution in [3.05, 3.63) is 59.2 Å². The zero-order valence-electron chi connectivity index (χ0n) is 13.6. The van der Waals surface area contributed by atoms with Crippen molar-refractivity contribution in [2.75, 3.05) is 4.72 Å². The minimum atomic E-state index is -3.69. The summed E-state index contributed by atoms with van der Waals surface area (Å²) in [7, 11) is -7.30. The molecule has 0 aromatic heterocycles. The number of rotatable bonds is 5. The lowest BCUT2D eigenvalue weighted by molar-refractivity contribution is 0.596. The number of aryl methyl sites for hydroxylation is 2. The van der Waals surface area contributed by atoms with Gasteiger partial charge in [-0.15, -0.1) is 0 Å². The van der Waals surface area contributed by atoms with Crippen LogP contribution in [0.15, 0.2) is 47.4 Å². The Hall–Kier alpha value is -1.90. The van der Waals surface area contributed by atoms with Crippen molar-refractivity contribution in [2.24, 2.45) is 5.14 Å². The van der Waals surface area contributed by atoms with Crippen LogP contribution in [0.4, 0.5) is 5.69 Å². The van der Waals surface area contributed by atoms with Gasteiger partial charge in [0.1, 0.15) is 0 Å². The Morgan fingerprint density at radius 2 is 1.52 bits per heavy atom. The summed E-state index contributed by atoms with van der Waals surface area (Å²) in [6, 6.07) is 11.4. The maximum atomic E-state index is 12.6. The Morgan fingerprint density at radius 1 is 0.880 bits per heavy atom. The van der Waals surface area contributed by atoms with E-state index in [1.54, 1.807) is 12.1 Å². The molecule has 0 radical (unpaired) electrons. The minimum absolute atomic E-state index is 0.238. The Labute approximate surface area is 148 Å². The molecule has 0 saturated carbocycles. The molecule has 2 aromatic rings. The summed E-state index contributed by atoms with van der Waals surface area (Å²) >= 11 is 0. The van der Waals surface area contributed by atoms with E-state index in [1.807, 2.05) is 6.07 Å². The molecule has 3 N–H and O–H groups in total. The summed E-state index contributed by atoms with van der Waals surface area (Å²) in [5, 5.41) is 5.00. The first-order valence-corrected chi connectivity index (χ1v) is 11.2. The van der Waals surface area contributed by atoms with Gasteiger partial charge in [-0.3, -0.25) is 4.72 Å². The average Bonchev–Trinajstić information content (AvgIpc) is 2.55. The topological polar surface area (TPSA) is 106 Å². The van der Waals surface area contributed by atoms with Crippen molar-refractivity contribution in [3.63, 3.8) is 0 Å². The number of benzene rings is 2. The quantitative estimate of drug-likeness (QED) is 0.829. The van der Waals surface area contributed by atoms with Crippen LogP contribution in [0.5, 0.6) is 0 Å². The normalized spacial score (nSPS) is 14.8. The maximum absolute atomic E-state index is 12.6. The third kappa shape index (κ3) is 4.59. The molecule has 6 nitrogen and oxygen atoms in total. The molecule has 8 heteroatoms. The highest BCUT2D eigenvalue weighted by molar-refractivity contribution is 7.92. The smallest absolute Gasteiger partial charge is 0.261 e. The molecule has 2 aromatic carbocycles. The monoisotopic (exact) mass is 380 g/mol. The van der Waals surface area contributed by atoms with E-state index < -0.39 is 20.0 Å². The summed E-state index contributed by atoms with van der Waals surface area (Å²) < 4.78 is 49.8. The molecule has 0 saturated heterocycles. The highest BCUT2D eigenvalue weighted by Crippen LogP contribution is 2.25. The summed E-state index contributed by atoms with van der Waals surface area (Å²) in [5.41, 5.74) is 3.19. The largest absolute Gasteiger partial charge is 0.280 e. The molecule has 25 heavy (non-hydrogen) atoms. The first-order chi connectivity index (χ1) is 11.7. The number of fused-ring (bicyclic) bond motifs is 1. The van der Waals surface area contributed by atoms with Crippen molar-refractivity contribution in [1.29, 1.82) is 0 Å². The molecule has 1 aliphatic carbocycles. The van der Waals surface area contributed by atoms with Crippen molar-refractivity contribution >= 4 is 25.7 Å². The molecule has 0 heterocycles. The predicted octanol–water partition coefficient (Wildman–Crippen LogP) is 2.15. The van der Waals surface area contributed by atoms with Gasteiger partial charge in [0, 0.05) is 5.69 Å².